The first-order chi connectivity index (χ1) is 1.73. The molecular weight excluding hydrogens is 200 g/mol. The number of hydrogen-bond donors (Lipinski definition) is 2. The Morgan fingerprint density at radius 2 is 0.538 bits per heavy atom. The van der Waals surface area contributed by atoms with Crippen LogP contribution in [0.4, 0.5) is 4.79 Å². The van der Waals surface area contributed by atoms with Gasteiger partial charge >= 0.3 is 6.03 Å². The lowest BCUT2D eigenvalue weighted by atomic mass is 11.2. The minimum Gasteiger partial charge on any atom is -0.412 e. The first kappa shape index (κ1) is 389. The molecule has 12 nitrogen and oxygen atoms in total. The van der Waals surface area contributed by atoms with Crippen molar-refractivity contribution in [3.63, 3.8) is 0 Å². The van der Waals surface area contributed by atoms with Crippen LogP contribution in [0, 0.1) is 0 Å². The molecule has 0 bridgehead atoms. The molecule has 12 heteroatoms. The fraction of sp³-hybridized carbons (Fsp3) is 0. The van der Waals surface area contributed by atoms with E-state index in [1.54, 1.807) is 0 Å². The highest BCUT2D eigenvalue weighted by Gasteiger charge is 1.60. The highest BCUT2D eigenvalue weighted by molar-refractivity contribution is 5.69. The Hall–Kier alpha value is -1.09. The van der Waals surface area contributed by atoms with Gasteiger partial charge in [-0.25, -0.2) is 4.79 Å². The van der Waals surface area contributed by atoms with E-state index in [-0.39, 0.29) is 49.3 Å². The fourth-order valence-corrected chi connectivity index (χ4v) is 0. The van der Waals surface area contributed by atoms with E-state index in [0.717, 1.165) is 0 Å². The van der Waals surface area contributed by atoms with E-state index in [2.05, 4.69) is 11.5 Å². The van der Waals surface area contributed by atoms with E-state index in [9.17, 15) is 0 Å². The van der Waals surface area contributed by atoms with Gasteiger partial charge in [0, 0.05) is 0 Å². The molecule has 0 aliphatic rings. The Morgan fingerprint density at radius 1 is 0.538 bits per heavy atom. The zero-order chi connectivity index (χ0) is 3.58. The Balaban J connectivity index is -0.00000000125. The number of primary amides is 2. The monoisotopic (exact) mass is 222 g/mol. The van der Waals surface area contributed by atoms with Crippen LogP contribution in [0.1, 0.15) is 0 Å². The van der Waals surface area contributed by atoms with Gasteiger partial charge in [-0.1, -0.05) is 0 Å². The van der Waals surface area contributed by atoms with E-state index >= 15 is 0 Å². The van der Waals surface area contributed by atoms with Crippen molar-refractivity contribution >= 4 is 6.03 Å². The lowest BCUT2D eigenvalue weighted by Gasteiger charge is -1.62. The normalized spacial score (nSPS) is 1.85. The van der Waals surface area contributed by atoms with Crippen LogP contribution in [0.5, 0.6) is 0 Å². The Kier molecular flexibility index (Phi) is 8780. The minimum atomic E-state index is -0.833. The Morgan fingerprint density at radius 3 is 0.538 bits per heavy atom. The summed E-state index contributed by atoms with van der Waals surface area (Å²) in [6.45, 7) is 0. The summed E-state index contributed by atoms with van der Waals surface area (Å²) in [5.41, 5.74) is 8.50. The molecule has 0 atom stereocenters. The van der Waals surface area contributed by atoms with Crippen molar-refractivity contribution < 1.29 is 54.1 Å². The Labute approximate surface area is 72.9 Å². The second kappa shape index (κ2) is 294. The topological polar surface area (TPSA) is 353 Å². The number of nitrogens with two attached hydrogens (primary N) is 2. The summed E-state index contributed by atoms with van der Waals surface area (Å²) in [4.78, 5) is 9.00. The zero-order valence-electron chi connectivity index (χ0n) is 6.56. The lowest BCUT2D eigenvalue weighted by Crippen LogP contribution is -2.18. The van der Waals surface area contributed by atoms with Gasteiger partial charge in [0.15, 0.2) is 0 Å². The van der Waals surface area contributed by atoms with Crippen molar-refractivity contribution in [2.24, 2.45) is 11.5 Å². The number of rotatable bonds is 0. The molecule has 0 rings (SSSR count). The maximum absolute atomic E-state index is 9.00. The fourth-order valence-electron chi connectivity index (χ4n) is 0. The molecule has 0 aliphatic carbocycles. The maximum Gasteiger partial charge on any atom is 0.309 e. The largest absolute Gasteiger partial charge is 0.412 e. The van der Waals surface area contributed by atoms with Gasteiger partial charge in [-0.15, -0.1) is 0 Å². The summed E-state index contributed by atoms with van der Waals surface area (Å²) < 4.78 is 0. The van der Waals surface area contributed by atoms with Gasteiger partial charge in [-0.05, 0) is 0 Å². The second-order valence-electron chi connectivity index (χ2n) is 0.402. The molecule has 0 heterocycles. The molecule has 0 aromatic rings. The van der Waals surface area contributed by atoms with Gasteiger partial charge in [0.2, 0.25) is 0 Å². The summed E-state index contributed by atoms with van der Waals surface area (Å²) in [6, 6.07) is -0.833. The van der Waals surface area contributed by atoms with E-state index in [0.29, 0.717) is 0 Å². The quantitative estimate of drug-likeness (QED) is 0.395. The van der Waals surface area contributed by atoms with Crippen molar-refractivity contribution in [3.8, 4) is 0 Å². The van der Waals surface area contributed by atoms with Crippen LogP contribution in [0.3, 0.4) is 0 Å². The van der Waals surface area contributed by atoms with E-state index in [1.807, 2.05) is 0 Å². The van der Waals surface area contributed by atoms with Crippen molar-refractivity contribution in [1.29, 1.82) is 0 Å². The standard InChI is InChI=1S/CH4N2O.9H2O/c2-1(3)4;;;;;;;;;/h(H4,2,3,4);9*1H2. The van der Waals surface area contributed by atoms with Crippen LogP contribution in [0.15, 0.2) is 0 Å². The number of carbonyl (C=O) groups is 1. The molecule has 0 aromatic carbocycles. The molecule has 0 aromatic heterocycles. The predicted molar refractivity (Wildman–Crippen MR) is 46.3 cm³/mol. The van der Waals surface area contributed by atoms with Gasteiger partial charge < -0.3 is 60.8 Å². The summed E-state index contributed by atoms with van der Waals surface area (Å²) in [5.74, 6) is 0. The highest BCUT2D eigenvalue weighted by Crippen LogP contribution is 1.25. The van der Waals surface area contributed by atoms with E-state index in [4.69, 9.17) is 4.79 Å². The van der Waals surface area contributed by atoms with Gasteiger partial charge in [0.1, 0.15) is 0 Å². The minimum absolute atomic E-state index is 0. The SMILES string of the molecule is NC(N)=O.O.O.O.O.O.O.O.O.O. The third-order valence-corrected chi connectivity index (χ3v) is 0. The molecule has 0 unspecified atom stereocenters. The summed E-state index contributed by atoms with van der Waals surface area (Å²) in [7, 11) is 0. The van der Waals surface area contributed by atoms with Crippen LogP contribution in [0.25, 0.3) is 0 Å². The second-order valence-corrected chi connectivity index (χ2v) is 0.402. The van der Waals surface area contributed by atoms with Gasteiger partial charge in [0.25, 0.3) is 0 Å². The first-order valence-corrected chi connectivity index (χ1v) is 0.781. The summed E-state index contributed by atoms with van der Waals surface area (Å²) >= 11 is 0. The molecule has 0 spiro atoms. The third-order valence-electron chi connectivity index (χ3n) is 0. The molecular formula is CH22N2O10. The van der Waals surface area contributed by atoms with Crippen LogP contribution < -0.4 is 11.5 Å². The smallest absolute Gasteiger partial charge is 0.309 e. The molecule has 0 fully saturated rings. The third kappa shape index (κ3) is 729. The summed E-state index contributed by atoms with van der Waals surface area (Å²) in [5, 5.41) is 0. The molecule has 13 heavy (non-hydrogen) atoms. The molecule has 22 N–H and O–H groups in total. The van der Waals surface area contributed by atoms with Gasteiger partial charge in [-0.2, -0.15) is 0 Å². The van der Waals surface area contributed by atoms with Crippen molar-refractivity contribution in [2.75, 3.05) is 0 Å². The van der Waals surface area contributed by atoms with E-state index in [1.165, 1.54) is 0 Å². The number of amides is 2. The average Bonchev–Trinajstić information content (AvgIpc) is 0.811. The van der Waals surface area contributed by atoms with E-state index < -0.39 is 6.03 Å². The van der Waals surface area contributed by atoms with Crippen molar-refractivity contribution in [2.45, 2.75) is 0 Å². The Bertz CT molecular complexity index is 35.9. The first-order valence-electron chi connectivity index (χ1n) is 0.781. The van der Waals surface area contributed by atoms with Crippen LogP contribution in [-0.2, 0) is 0 Å². The number of carbonyl (C=O) groups excluding carboxylic acids is 1. The molecule has 0 saturated carbocycles. The molecule has 96 valence electrons. The van der Waals surface area contributed by atoms with Crippen molar-refractivity contribution in [1.82, 2.24) is 0 Å². The summed E-state index contributed by atoms with van der Waals surface area (Å²) in [6.07, 6.45) is 0. The molecule has 2 amide bonds. The molecule has 0 saturated heterocycles. The number of hydrogen-bond acceptors (Lipinski definition) is 1. The lowest BCUT2D eigenvalue weighted by molar-refractivity contribution is 0.256. The maximum atomic E-state index is 9.00. The number of urea groups is 1. The van der Waals surface area contributed by atoms with Gasteiger partial charge in [-0.3, -0.25) is 0 Å². The van der Waals surface area contributed by atoms with Crippen LogP contribution >= 0.6 is 0 Å². The molecule has 0 radical (unpaired) electrons. The zero-order valence-corrected chi connectivity index (χ0v) is 6.56. The average molecular weight is 222 g/mol. The van der Waals surface area contributed by atoms with Gasteiger partial charge in [0.05, 0.1) is 0 Å². The van der Waals surface area contributed by atoms with Crippen LogP contribution in [0.2, 0.25) is 0 Å². The van der Waals surface area contributed by atoms with Crippen LogP contribution in [-0.4, -0.2) is 55.3 Å². The molecule has 0 aliphatic heterocycles. The highest BCUT2D eigenvalue weighted by atomic mass is 16.2. The van der Waals surface area contributed by atoms with Crippen molar-refractivity contribution in [3.05, 3.63) is 0 Å². The predicted octanol–water partition coefficient (Wildman–Crippen LogP) is -8.40.